The second kappa shape index (κ2) is 3.30. The van der Waals surface area contributed by atoms with Crippen LogP contribution in [-0.4, -0.2) is 38.0 Å². The van der Waals surface area contributed by atoms with E-state index in [-0.39, 0.29) is 24.8 Å². The molecule has 2 heterocycles. The first kappa shape index (κ1) is 8.44. The van der Waals surface area contributed by atoms with E-state index < -0.39 is 0 Å². The van der Waals surface area contributed by atoms with E-state index in [1.165, 1.54) is 0 Å². The van der Waals surface area contributed by atoms with Gasteiger partial charge in [0.25, 0.3) is 0 Å². The molecule has 4 atom stereocenters. The van der Waals surface area contributed by atoms with Gasteiger partial charge in [-0.05, 0) is 13.8 Å². The van der Waals surface area contributed by atoms with Crippen molar-refractivity contribution < 1.29 is 18.9 Å². The van der Waals surface area contributed by atoms with Gasteiger partial charge in [-0.3, -0.25) is 0 Å². The van der Waals surface area contributed by atoms with Gasteiger partial charge in [0.15, 0.2) is 12.6 Å². The zero-order valence-electron chi connectivity index (χ0n) is 7.36. The highest BCUT2D eigenvalue weighted by Crippen LogP contribution is 2.21. The molecule has 0 amide bonds. The lowest BCUT2D eigenvalue weighted by molar-refractivity contribution is -0.0919. The predicted molar refractivity (Wildman–Crippen MR) is 40.6 cm³/mol. The molecule has 0 aromatic carbocycles. The molecule has 0 bridgehead atoms. The van der Waals surface area contributed by atoms with Crippen LogP contribution in [-0.2, 0) is 18.9 Å². The van der Waals surface area contributed by atoms with Gasteiger partial charge in [0.2, 0.25) is 0 Å². The first-order valence-electron chi connectivity index (χ1n) is 4.30. The predicted octanol–water partition coefficient (Wildman–Crippen LogP) is 0.509. The van der Waals surface area contributed by atoms with Crippen LogP contribution in [0.1, 0.15) is 13.8 Å². The van der Waals surface area contributed by atoms with E-state index >= 15 is 0 Å². The fraction of sp³-hybridized carbons (Fsp3) is 1.00. The van der Waals surface area contributed by atoms with Crippen LogP contribution in [0.5, 0.6) is 0 Å². The van der Waals surface area contributed by atoms with Crippen molar-refractivity contribution in [3.63, 3.8) is 0 Å². The van der Waals surface area contributed by atoms with Gasteiger partial charge in [-0.15, -0.1) is 0 Å². The molecule has 2 rings (SSSR count). The Morgan fingerprint density at radius 1 is 0.833 bits per heavy atom. The largest absolute Gasteiger partial charge is 0.350 e. The molecule has 2 fully saturated rings. The fourth-order valence-electron chi connectivity index (χ4n) is 1.50. The summed E-state index contributed by atoms with van der Waals surface area (Å²) in [5.41, 5.74) is 0. The molecule has 0 saturated carbocycles. The maximum atomic E-state index is 5.47. The zero-order chi connectivity index (χ0) is 8.55. The Morgan fingerprint density at radius 3 is 1.50 bits per heavy atom. The molecule has 70 valence electrons. The van der Waals surface area contributed by atoms with Crippen LogP contribution in [0.4, 0.5) is 0 Å². The van der Waals surface area contributed by atoms with Gasteiger partial charge in [-0.25, -0.2) is 0 Å². The Morgan fingerprint density at radius 2 is 1.25 bits per heavy atom. The van der Waals surface area contributed by atoms with Crippen molar-refractivity contribution in [1.29, 1.82) is 0 Å². The summed E-state index contributed by atoms with van der Waals surface area (Å²) in [7, 11) is 0. The summed E-state index contributed by atoms with van der Waals surface area (Å²) in [5.74, 6) is 0. The molecule has 0 unspecified atom stereocenters. The minimum Gasteiger partial charge on any atom is -0.350 e. The molecular formula is C8H14O4. The summed E-state index contributed by atoms with van der Waals surface area (Å²) >= 11 is 0. The SMILES string of the molecule is C[C@H]1OC[C@H]([C@H]2CO[C@H](C)O2)O1. The summed E-state index contributed by atoms with van der Waals surface area (Å²) in [5, 5.41) is 0. The molecule has 0 aromatic rings. The standard InChI is InChI=1S/C8H14O4/c1-5-9-3-7(11-5)8-4-10-6(2)12-8/h5-8H,3-4H2,1-2H3/t5-,6-,7+,8+/m0/s1. The highest BCUT2D eigenvalue weighted by atomic mass is 16.8. The van der Waals surface area contributed by atoms with Crippen LogP contribution in [0.25, 0.3) is 0 Å². The second-order valence-electron chi connectivity index (χ2n) is 3.15. The number of rotatable bonds is 1. The highest BCUT2D eigenvalue weighted by Gasteiger charge is 2.35. The van der Waals surface area contributed by atoms with Crippen molar-refractivity contribution in [3.8, 4) is 0 Å². The molecule has 4 nitrogen and oxygen atoms in total. The zero-order valence-corrected chi connectivity index (χ0v) is 7.36. The minimum absolute atomic E-state index is 0.0462. The van der Waals surface area contributed by atoms with Crippen LogP contribution in [0, 0.1) is 0 Å². The van der Waals surface area contributed by atoms with Gasteiger partial charge in [0, 0.05) is 0 Å². The van der Waals surface area contributed by atoms with E-state index in [1.807, 2.05) is 13.8 Å². The summed E-state index contributed by atoms with van der Waals surface area (Å²) in [6.07, 6.45) is -0.112. The molecule has 2 saturated heterocycles. The van der Waals surface area contributed by atoms with E-state index in [1.54, 1.807) is 0 Å². The maximum Gasteiger partial charge on any atom is 0.155 e. The first-order chi connectivity index (χ1) is 5.75. The molecule has 0 N–H and O–H groups in total. The number of hydrogen-bond donors (Lipinski definition) is 0. The van der Waals surface area contributed by atoms with Gasteiger partial charge in [0.1, 0.15) is 12.2 Å². The minimum atomic E-state index is -0.102. The smallest absolute Gasteiger partial charge is 0.155 e. The second-order valence-corrected chi connectivity index (χ2v) is 3.15. The summed E-state index contributed by atoms with van der Waals surface area (Å²) in [4.78, 5) is 0. The van der Waals surface area contributed by atoms with Gasteiger partial charge >= 0.3 is 0 Å². The van der Waals surface area contributed by atoms with E-state index in [9.17, 15) is 0 Å². The van der Waals surface area contributed by atoms with Crippen molar-refractivity contribution in [2.45, 2.75) is 38.6 Å². The topological polar surface area (TPSA) is 36.9 Å². The van der Waals surface area contributed by atoms with Crippen LogP contribution < -0.4 is 0 Å². The molecule has 0 aromatic heterocycles. The lowest BCUT2D eigenvalue weighted by Crippen LogP contribution is -2.30. The summed E-state index contributed by atoms with van der Waals surface area (Å²) < 4.78 is 21.4. The van der Waals surface area contributed by atoms with E-state index in [4.69, 9.17) is 18.9 Å². The van der Waals surface area contributed by atoms with Crippen molar-refractivity contribution in [3.05, 3.63) is 0 Å². The highest BCUT2D eigenvalue weighted by molar-refractivity contribution is 4.77. The molecule has 0 radical (unpaired) electrons. The summed E-state index contributed by atoms with van der Waals surface area (Å²) in [6.45, 7) is 5.00. The fourth-order valence-corrected chi connectivity index (χ4v) is 1.50. The van der Waals surface area contributed by atoms with Crippen molar-refractivity contribution in [2.75, 3.05) is 13.2 Å². The molecule has 2 aliphatic rings. The Hall–Kier alpha value is -0.160. The third-order valence-corrected chi connectivity index (χ3v) is 2.14. The van der Waals surface area contributed by atoms with E-state index in [2.05, 4.69) is 0 Å². The average molecular weight is 174 g/mol. The molecule has 0 spiro atoms. The van der Waals surface area contributed by atoms with Gasteiger partial charge in [0.05, 0.1) is 13.2 Å². The lowest BCUT2D eigenvalue weighted by atomic mass is 10.2. The Balaban J connectivity index is 1.85. The molecule has 0 aliphatic carbocycles. The molecule has 12 heavy (non-hydrogen) atoms. The Kier molecular flexibility index (Phi) is 2.32. The van der Waals surface area contributed by atoms with Crippen LogP contribution >= 0.6 is 0 Å². The van der Waals surface area contributed by atoms with Crippen molar-refractivity contribution in [2.24, 2.45) is 0 Å². The number of hydrogen-bond acceptors (Lipinski definition) is 4. The van der Waals surface area contributed by atoms with E-state index in [0.29, 0.717) is 13.2 Å². The third kappa shape index (κ3) is 1.61. The Bertz CT molecular complexity index is 143. The molecule has 4 heteroatoms. The van der Waals surface area contributed by atoms with Crippen LogP contribution in [0.3, 0.4) is 0 Å². The normalized spacial score (nSPS) is 48.5. The van der Waals surface area contributed by atoms with Crippen molar-refractivity contribution in [1.82, 2.24) is 0 Å². The summed E-state index contributed by atoms with van der Waals surface area (Å²) in [6, 6.07) is 0. The monoisotopic (exact) mass is 174 g/mol. The quantitative estimate of drug-likeness (QED) is 0.580. The first-order valence-corrected chi connectivity index (χ1v) is 4.30. The number of ether oxygens (including phenoxy) is 4. The van der Waals surface area contributed by atoms with Crippen molar-refractivity contribution >= 4 is 0 Å². The molecular weight excluding hydrogens is 160 g/mol. The van der Waals surface area contributed by atoms with Crippen LogP contribution in [0.2, 0.25) is 0 Å². The van der Waals surface area contributed by atoms with E-state index in [0.717, 1.165) is 0 Å². The van der Waals surface area contributed by atoms with Gasteiger partial charge in [-0.1, -0.05) is 0 Å². The van der Waals surface area contributed by atoms with Crippen LogP contribution in [0.15, 0.2) is 0 Å². The Labute approximate surface area is 71.7 Å². The molecule has 2 aliphatic heterocycles. The average Bonchev–Trinajstić information content (AvgIpc) is 2.58. The lowest BCUT2D eigenvalue weighted by Gasteiger charge is -2.14. The van der Waals surface area contributed by atoms with Gasteiger partial charge in [-0.2, -0.15) is 0 Å². The maximum absolute atomic E-state index is 5.47. The van der Waals surface area contributed by atoms with Gasteiger partial charge < -0.3 is 18.9 Å². The third-order valence-electron chi connectivity index (χ3n) is 2.14.